The Labute approximate surface area is 111 Å². The van der Waals surface area contributed by atoms with Crippen molar-refractivity contribution in [3.8, 4) is 0 Å². The number of aromatic nitrogens is 1. The number of nitrogens with zero attached hydrogens (tertiary/aromatic N) is 3. The van der Waals surface area contributed by atoms with Gasteiger partial charge in [0.1, 0.15) is 5.82 Å². The Balaban J connectivity index is 2.27. The number of oxime groups is 1. The molecular weight excluding hydrogens is 248 g/mol. The van der Waals surface area contributed by atoms with E-state index in [1.54, 1.807) is 12.3 Å². The van der Waals surface area contributed by atoms with Gasteiger partial charge in [-0.15, -0.1) is 0 Å². The van der Waals surface area contributed by atoms with Crippen LogP contribution >= 0.6 is 11.8 Å². The summed E-state index contributed by atoms with van der Waals surface area (Å²) in [7, 11) is 0. The van der Waals surface area contributed by atoms with Crippen molar-refractivity contribution in [2.45, 2.75) is 25.1 Å². The molecule has 1 aliphatic heterocycles. The lowest BCUT2D eigenvalue weighted by Gasteiger charge is -2.38. The van der Waals surface area contributed by atoms with Crippen molar-refractivity contribution in [3.63, 3.8) is 0 Å². The average Bonchev–Trinajstić information content (AvgIpc) is 2.41. The second kappa shape index (κ2) is 5.48. The molecule has 2 rings (SSSR count). The third kappa shape index (κ3) is 2.53. The SMILES string of the molecule is CC1SCCN(c2cc(/C(N)=N/O)ccn2)C1C. The molecule has 1 aromatic heterocycles. The number of rotatable bonds is 2. The van der Waals surface area contributed by atoms with Crippen molar-refractivity contribution >= 4 is 23.4 Å². The highest BCUT2D eigenvalue weighted by atomic mass is 32.2. The van der Waals surface area contributed by atoms with Gasteiger partial charge in [-0.05, 0) is 19.1 Å². The first-order valence-electron chi connectivity index (χ1n) is 5.95. The molecule has 2 unspecified atom stereocenters. The maximum Gasteiger partial charge on any atom is 0.170 e. The van der Waals surface area contributed by atoms with Gasteiger partial charge in [0.2, 0.25) is 0 Å². The Bertz CT molecular complexity index is 451. The number of hydrogen-bond donors (Lipinski definition) is 2. The monoisotopic (exact) mass is 266 g/mol. The largest absolute Gasteiger partial charge is 0.409 e. The average molecular weight is 266 g/mol. The molecule has 2 heterocycles. The highest BCUT2D eigenvalue weighted by molar-refractivity contribution is 8.00. The lowest BCUT2D eigenvalue weighted by Crippen LogP contribution is -2.45. The van der Waals surface area contributed by atoms with E-state index >= 15 is 0 Å². The van der Waals surface area contributed by atoms with Gasteiger partial charge in [0.05, 0.1) is 0 Å². The van der Waals surface area contributed by atoms with E-state index in [2.05, 4.69) is 28.9 Å². The third-order valence-electron chi connectivity index (χ3n) is 3.33. The Morgan fingerprint density at radius 3 is 3.11 bits per heavy atom. The van der Waals surface area contributed by atoms with Crippen LogP contribution in [-0.4, -0.2) is 39.6 Å². The van der Waals surface area contributed by atoms with E-state index in [9.17, 15) is 0 Å². The van der Waals surface area contributed by atoms with Crippen LogP contribution in [0, 0.1) is 0 Å². The lowest BCUT2D eigenvalue weighted by atomic mass is 10.2. The van der Waals surface area contributed by atoms with Crippen molar-refractivity contribution in [1.29, 1.82) is 0 Å². The summed E-state index contributed by atoms with van der Waals surface area (Å²) in [6.45, 7) is 5.41. The molecule has 0 bridgehead atoms. The van der Waals surface area contributed by atoms with Crippen LogP contribution in [-0.2, 0) is 0 Å². The number of thioether (sulfide) groups is 1. The first-order valence-corrected chi connectivity index (χ1v) is 7.00. The van der Waals surface area contributed by atoms with Gasteiger partial charge in [-0.2, -0.15) is 11.8 Å². The second-order valence-electron chi connectivity index (χ2n) is 4.40. The van der Waals surface area contributed by atoms with Gasteiger partial charge in [-0.25, -0.2) is 4.98 Å². The fraction of sp³-hybridized carbons (Fsp3) is 0.500. The molecule has 6 heteroatoms. The standard InChI is InChI=1S/C12H18N4OS/c1-8-9(2)18-6-5-16(8)11-7-10(3-4-14-11)12(13)15-17/h3-4,7-9,17H,5-6H2,1-2H3,(H2,13,15). The fourth-order valence-electron chi connectivity index (χ4n) is 2.05. The number of nitrogens with two attached hydrogens (primary N) is 1. The summed E-state index contributed by atoms with van der Waals surface area (Å²) < 4.78 is 0. The van der Waals surface area contributed by atoms with Gasteiger partial charge in [0.25, 0.3) is 0 Å². The minimum absolute atomic E-state index is 0.116. The molecule has 98 valence electrons. The minimum Gasteiger partial charge on any atom is -0.409 e. The van der Waals surface area contributed by atoms with Crippen molar-refractivity contribution in [1.82, 2.24) is 4.98 Å². The van der Waals surface area contributed by atoms with Crippen LogP contribution in [0.4, 0.5) is 5.82 Å². The fourth-order valence-corrected chi connectivity index (χ4v) is 3.15. The van der Waals surface area contributed by atoms with Crippen LogP contribution in [0.15, 0.2) is 23.5 Å². The molecule has 18 heavy (non-hydrogen) atoms. The van der Waals surface area contributed by atoms with E-state index in [1.807, 2.05) is 17.8 Å². The number of pyridine rings is 1. The predicted molar refractivity (Wildman–Crippen MR) is 75.5 cm³/mol. The molecule has 3 N–H and O–H groups in total. The Kier molecular flexibility index (Phi) is 3.96. The summed E-state index contributed by atoms with van der Waals surface area (Å²) >= 11 is 1.98. The molecule has 2 atom stereocenters. The van der Waals surface area contributed by atoms with Gasteiger partial charge in [-0.1, -0.05) is 12.1 Å². The highest BCUT2D eigenvalue weighted by Crippen LogP contribution is 2.28. The zero-order valence-electron chi connectivity index (χ0n) is 10.6. The normalized spacial score (nSPS) is 25.2. The van der Waals surface area contributed by atoms with Crippen molar-refractivity contribution in [2.24, 2.45) is 10.9 Å². The molecule has 0 radical (unpaired) electrons. The molecule has 0 saturated carbocycles. The van der Waals surface area contributed by atoms with E-state index in [1.165, 1.54) is 0 Å². The first-order chi connectivity index (χ1) is 8.63. The Morgan fingerprint density at radius 1 is 1.61 bits per heavy atom. The molecule has 1 fully saturated rings. The van der Waals surface area contributed by atoms with Crippen LogP contribution < -0.4 is 10.6 Å². The minimum atomic E-state index is 0.116. The van der Waals surface area contributed by atoms with E-state index in [-0.39, 0.29) is 5.84 Å². The van der Waals surface area contributed by atoms with Crippen molar-refractivity contribution in [3.05, 3.63) is 23.9 Å². The maximum atomic E-state index is 8.71. The highest BCUT2D eigenvalue weighted by Gasteiger charge is 2.26. The van der Waals surface area contributed by atoms with Crippen molar-refractivity contribution < 1.29 is 5.21 Å². The molecule has 0 aliphatic carbocycles. The molecule has 0 aromatic carbocycles. The molecule has 0 spiro atoms. The summed E-state index contributed by atoms with van der Waals surface area (Å²) in [5, 5.41) is 12.3. The van der Waals surface area contributed by atoms with E-state index in [4.69, 9.17) is 10.9 Å². The number of hydrogen-bond acceptors (Lipinski definition) is 5. The predicted octanol–water partition coefficient (Wildman–Crippen LogP) is 1.51. The Hall–Kier alpha value is -1.43. The van der Waals surface area contributed by atoms with Gasteiger partial charge >= 0.3 is 0 Å². The zero-order valence-corrected chi connectivity index (χ0v) is 11.4. The molecule has 5 nitrogen and oxygen atoms in total. The van der Waals surface area contributed by atoms with Gasteiger partial charge in [-0.3, -0.25) is 0 Å². The van der Waals surface area contributed by atoms with E-state index in [0.717, 1.165) is 18.1 Å². The quantitative estimate of drug-likeness (QED) is 0.367. The van der Waals surface area contributed by atoms with Crippen LogP contribution in [0.1, 0.15) is 19.4 Å². The summed E-state index contributed by atoms with van der Waals surface area (Å²) in [5.41, 5.74) is 6.30. The zero-order chi connectivity index (χ0) is 13.1. The maximum absolute atomic E-state index is 8.71. The molecule has 1 saturated heterocycles. The molecular formula is C12H18N4OS. The van der Waals surface area contributed by atoms with Gasteiger partial charge < -0.3 is 15.8 Å². The van der Waals surface area contributed by atoms with Crippen LogP contribution in [0.5, 0.6) is 0 Å². The van der Waals surface area contributed by atoms with Gasteiger partial charge in [0.15, 0.2) is 5.84 Å². The first kappa shape index (κ1) is 13.0. The lowest BCUT2D eigenvalue weighted by molar-refractivity contribution is 0.318. The smallest absolute Gasteiger partial charge is 0.170 e. The molecule has 0 amide bonds. The van der Waals surface area contributed by atoms with Crippen LogP contribution in [0.3, 0.4) is 0 Å². The van der Waals surface area contributed by atoms with Crippen LogP contribution in [0.2, 0.25) is 0 Å². The summed E-state index contributed by atoms with van der Waals surface area (Å²) in [4.78, 5) is 6.66. The van der Waals surface area contributed by atoms with Gasteiger partial charge in [0, 0.05) is 35.3 Å². The number of anilines is 1. The topological polar surface area (TPSA) is 74.7 Å². The van der Waals surface area contributed by atoms with Crippen LogP contribution in [0.25, 0.3) is 0 Å². The molecule has 1 aliphatic rings. The van der Waals surface area contributed by atoms with E-state index in [0.29, 0.717) is 16.9 Å². The summed E-state index contributed by atoms with van der Waals surface area (Å²) in [6, 6.07) is 4.04. The molecule has 1 aromatic rings. The van der Waals surface area contributed by atoms with E-state index < -0.39 is 0 Å². The Morgan fingerprint density at radius 2 is 2.39 bits per heavy atom. The third-order valence-corrected chi connectivity index (χ3v) is 4.67. The van der Waals surface area contributed by atoms with Crippen molar-refractivity contribution in [2.75, 3.05) is 17.2 Å². The summed E-state index contributed by atoms with van der Waals surface area (Å²) in [5.74, 6) is 2.10. The number of amidine groups is 1. The summed E-state index contributed by atoms with van der Waals surface area (Å²) in [6.07, 6.45) is 1.70. The second-order valence-corrected chi connectivity index (χ2v) is 5.88.